The van der Waals surface area contributed by atoms with Gasteiger partial charge in [0.15, 0.2) is 5.69 Å². The minimum Gasteiger partial charge on any atom is -0.351 e. The van der Waals surface area contributed by atoms with Gasteiger partial charge in [-0.3, -0.25) is 4.79 Å². The lowest BCUT2D eigenvalue weighted by molar-refractivity contribution is -0.141. The molecule has 5 nitrogen and oxygen atoms in total. The molecule has 0 radical (unpaired) electrons. The first-order chi connectivity index (χ1) is 8.82. The van der Waals surface area contributed by atoms with Gasteiger partial charge in [0.2, 0.25) is 5.76 Å². The van der Waals surface area contributed by atoms with Crippen molar-refractivity contribution in [3.8, 4) is 0 Å². The first-order valence-electron chi connectivity index (χ1n) is 5.47. The Morgan fingerprint density at radius 3 is 2.58 bits per heavy atom. The van der Waals surface area contributed by atoms with Crippen molar-refractivity contribution in [1.29, 1.82) is 0 Å². The molecule has 0 saturated carbocycles. The molecule has 8 heteroatoms. The molecular formula is C11H10F3N3O2. The van der Waals surface area contributed by atoms with Gasteiger partial charge in [0.05, 0.1) is 5.69 Å². The first kappa shape index (κ1) is 13.3. The Labute approximate surface area is 106 Å². The summed E-state index contributed by atoms with van der Waals surface area (Å²) in [4.78, 5) is 12.0. The summed E-state index contributed by atoms with van der Waals surface area (Å²) in [5.74, 6) is -0.919. The molecule has 19 heavy (non-hydrogen) atoms. The van der Waals surface area contributed by atoms with E-state index in [0.717, 1.165) is 6.07 Å². The highest BCUT2D eigenvalue weighted by molar-refractivity contribution is 5.93. The van der Waals surface area contributed by atoms with Crippen molar-refractivity contribution < 1.29 is 22.5 Å². The summed E-state index contributed by atoms with van der Waals surface area (Å²) in [6.07, 6.45) is -4.35. The van der Waals surface area contributed by atoms with Crippen molar-refractivity contribution in [3.63, 3.8) is 0 Å². The summed E-state index contributed by atoms with van der Waals surface area (Å²) in [5.41, 5.74) is -0.482. The summed E-state index contributed by atoms with van der Waals surface area (Å²) in [6.45, 7) is 3.23. The fourth-order valence-corrected chi connectivity index (χ4v) is 1.55. The Morgan fingerprint density at radius 2 is 2.11 bits per heavy atom. The highest BCUT2D eigenvalue weighted by Crippen LogP contribution is 2.28. The zero-order valence-electron chi connectivity index (χ0n) is 10.2. The van der Waals surface area contributed by atoms with Gasteiger partial charge in [-0.05, 0) is 19.4 Å². The second-order valence-electron chi connectivity index (χ2n) is 3.92. The summed E-state index contributed by atoms with van der Waals surface area (Å²) in [7, 11) is 0. The van der Waals surface area contributed by atoms with E-state index < -0.39 is 17.8 Å². The van der Waals surface area contributed by atoms with Gasteiger partial charge in [0.25, 0.3) is 0 Å². The minimum atomic E-state index is -4.59. The molecule has 0 bridgehead atoms. The summed E-state index contributed by atoms with van der Waals surface area (Å²) in [6, 6.07) is 2.19. The normalized spacial score (nSPS) is 11.8. The predicted octanol–water partition coefficient (Wildman–Crippen LogP) is 2.45. The summed E-state index contributed by atoms with van der Waals surface area (Å²) < 4.78 is 43.1. The summed E-state index contributed by atoms with van der Waals surface area (Å²) in [5, 5.41) is 6.81. The van der Waals surface area contributed by atoms with Crippen molar-refractivity contribution in [1.82, 2.24) is 14.9 Å². The second kappa shape index (κ2) is 4.52. The van der Waals surface area contributed by atoms with Crippen molar-refractivity contribution in [2.24, 2.45) is 0 Å². The van der Waals surface area contributed by atoms with Gasteiger partial charge < -0.3 is 4.52 Å². The molecule has 2 aromatic heterocycles. The number of hydrogen-bond donors (Lipinski definition) is 0. The zero-order valence-corrected chi connectivity index (χ0v) is 10.2. The molecule has 0 unspecified atom stereocenters. The Hall–Kier alpha value is -2.12. The minimum absolute atomic E-state index is 0.149. The number of aromatic nitrogens is 3. The molecule has 0 atom stereocenters. The maximum absolute atomic E-state index is 12.6. The van der Waals surface area contributed by atoms with Gasteiger partial charge >= 0.3 is 12.1 Å². The van der Waals surface area contributed by atoms with Crippen LogP contribution in [0.15, 0.2) is 16.7 Å². The molecule has 0 N–H and O–H groups in total. The molecule has 102 valence electrons. The van der Waals surface area contributed by atoms with Crippen molar-refractivity contribution in [2.45, 2.75) is 26.4 Å². The van der Waals surface area contributed by atoms with Crippen LogP contribution in [0, 0.1) is 6.92 Å². The fourth-order valence-electron chi connectivity index (χ4n) is 1.55. The fraction of sp³-hybridized carbons (Fsp3) is 0.364. The van der Waals surface area contributed by atoms with Crippen LogP contribution in [0.2, 0.25) is 0 Å². The quantitative estimate of drug-likeness (QED) is 0.843. The van der Waals surface area contributed by atoms with Gasteiger partial charge in [-0.25, -0.2) is 0 Å². The lowest BCUT2D eigenvalue weighted by Crippen LogP contribution is -2.17. The van der Waals surface area contributed by atoms with Crippen LogP contribution in [-0.2, 0) is 12.6 Å². The molecule has 0 aliphatic heterocycles. The van der Waals surface area contributed by atoms with Crippen molar-refractivity contribution >= 4 is 5.91 Å². The number of hydrogen-bond acceptors (Lipinski definition) is 4. The maximum atomic E-state index is 12.6. The summed E-state index contributed by atoms with van der Waals surface area (Å²) >= 11 is 0. The number of carbonyl (C=O) groups excluding carboxylic acids is 1. The van der Waals surface area contributed by atoms with Crippen LogP contribution in [0.3, 0.4) is 0 Å². The van der Waals surface area contributed by atoms with E-state index in [9.17, 15) is 18.0 Å². The van der Waals surface area contributed by atoms with E-state index in [1.807, 2.05) is 0 Å². The number of rotatable bonds is 2. The largest absolute Gasteiger partial charge is 0.435 e. The molecule has 0 spiro atoms. The molecule has 2 rings (SSSR count). The lowest BCUT2D eigenvalue weighted by Gasteiger charge is -2.01. The van der Waals surface area contributed by atoms with Gasteiger partial charge in [-0.2, -0.15) is 23.0 Å². The van der Waals surface area contributed by atoms with Crippen LogP contribution in [0.5, 0.6) is 0 Å². The van der Waals surface area contributed by atoms with Gasteiger partial charge in [0.1, 0.15) is 0 Å². The molecule has 2 aromatic rings. The van der Waals surface area contributed by atoms with Crippen LogP contribution >= 0.6 is 0 Å². The van der Waals surface area contributed by atoms with E-state index in [0.29, 0.717) is 10.4 Å². The number of aryl methyl sites for hydroxylation is 2. The maximum Gasteiger partial charge on any atom is 0.435 e. The SMILES string of the molecule is CCc1cc(C(F)(F)F)nn1C(=O)c1cc(C)no1. The third-order valence-corrected chi connectivity index (χ3v) is 2.47. The smallest absolute Gasteiger partial charge is 0.351 e. The molecule has 0 aromatic carbocycles. The number of halogens is 3. The van der Waals surface area contributed by atoms with Gasteiger partial charge in [0, 0.05) is 11.8 Å². The van der Waals surface area contributed by atoms with Gasteiger partial charge in [-0.1, -0.05) is 12.1 Å². The van der Waals surface area contributed by atoms with Crippen LogP contribution in [0.25, 0.3) is 0 Å². The van der Waals surface area contributed by atoms with Crippen molar-refractivity contribution in [2.75, 3.05) is 0 Å². The zero-order chi connectivity index (χ0) is 14.2. The molecular weight excluding hydrogens is 263 g/mol. The van der Waals surface area contributed by atoms with E-state index >= 15 is 0 Å². The van der Waals surface area contributed by atoms with Gasteiger partial charge in [-0.15, -0.1) is 0 Å². The van der Waals surface area contributed by atoms with Crippen LogP contribution in [-0.4, -0.2) is 20.8 Å². The third-order valence-electron chi connectivity index (χ3n) is 2.47. The third kappa shape index (κ3) is 2.51. The molecule has 0 aliphatic carbocycles. The topological polar surface area (TPSA) is 60.9 Å². The second-order valence-corrected chi connectivity index (χ2v) is 3.92. The average molecular weight is 273 g/mol. The molecule has 0 amide bonds. The molecule has 0 fully saturated rings. The van der Waals surface area contributed by atoms with Crippen LogP contribution in [0.1, 0.15) is 34.6 Å². The van der Waals surface area contributed by atoms with E-state index in [4.69, 9.17) is 4.52 Å². The average Bonchev–Trinajstić information content (AvgIpc) is 2.92. The Kier molecular flexibility index (Phi) is 3.17. The number of carbonyl (C=O) groups is 1. The molecule has 0 aliphatic rings. The Balaban J connectivity index is 2.44. The Bertz CT molecular complexity index is 613. The van der Waals surface area contributed by atoms with Crippen molar-refractivity contribution in [3.05, 3.63) is 35.0 Å². The van der Waals surface area contributed by atoms with Crippen LogP contribution < -0.4 is 0 Å². The lowest BCUT2D eigenvalue weighted by atomic mass is 10.3. The first-order valence-corrected chi connectivity index (χ1v) is 5.47. The number of nitrogens with zero attached hydrogens (tertiary/aromatic N) is 3. The van der Waals surface area contributed by atoms with Crippen LogP contribution in [0.4, 0.5) is 13.2 Å². The van der Waals surface area contributed by atoms with E-state index in [-0.39, 0.29) is 17.9 Å². The highest BCUT2D eigenvalue weighted by atomic mass is 19.4. The Morgan fingerprint density at radius 1 is 1.42 bits per heavy atom. The standard InChI is InChI=1S/C11H10F3N3O2/c1-3-7-5-9(11(12,13)14)15-17(7)10(18)8-4-6(2)16-19-8/h4-5H,3H2,1-2H3. The monoisotopic (exact) mass is 273 g/mol. The number of alkyl halides is 3. The van der Waals surface area contributed by atoms with E-state index in [1.54, 1.807) is 13.8 Å². The highest BCUT2D eigenvalue weighted by Gasteiger charge is 2.35. The molecule has 0 saturated heterocycles. The molecule has 2 heterocycles. The van der Waals surface area contributed by atoms with E-state index in [2.05, 4.69) is 10.3 Å². The predicted molar refractivity (Wildman–Crippen MR) is 57.6 cm³/mol. The van der Waals surface area contributed by atoms with E-state index in [1.165, 1.54) is 6.07 Å².